The van der Waals surface area contributed by atoms with Crippen molar-refractivity contribution in [2.75, 3.05) is 13.2 Å². The summed E-state index contributed by atoms with van der Waals surface area (Å²) in [6.45, 7) is 3.99. The SMILES string of the molecule is CC/C=C\C/C=C\C/C=C\C/C=C\C/C=C\C/C=C\C/C=C\C/C=C\C/C=C\CCCC(=O)OC(CO)COC(=O)CCCCCCCCCCCCCCCCCCCCCCCCC/C=C\C/C=C\CCCCCCC. The lowest BCUT2D eigenvalue weighted by Gasteiger charge is -2.15. The summed E-state index contributed by atoms with van der Waals surface area (Å²) in [5.74, 6) is -0.659. The Labute approximate surface area is 483 Å². The van der Waals surface area contributed by atoms with Gasteiger partial charge in [-0.05, 0) is 109 Å². The minimum atomic E-state index is -0.812. The van der Waals surface area contributed by atoms with Gasteiger partial charge < -0.3 is 14.6 Å². The molecule has 0 heterocycles. The Bertz CT molecular complexity index is 1600. The predicted molar refractivity (Wildman–Crippen MR) is 343 cm³/mol. The smallest absolute Gasteiger partial charge is 0.306 e. The Morgan fingerprint density at radius 2 is 0.564 bits per heavy atom. The number of allylic oxidation sites excluding steroid dienone is 22. The summed E-state index contributed by atoms with van der Waals surface area (Å²) in [6.07, 6.45) is 100. The number of unbranched alkanes of at least 4 members (excludes halogenated alkanes) is 29. The predicted octanol–water partition coefficient (Wildman–Crippen LogP) is 22.8. The van der Waals surface area contributed by atoms with Crippen LogP contribution in [-0.4, -0.2) is 36.4 Å². The summed E-state index contributed by atoms with van der Waals surface area (Å²) in [5.41, 5.74) is 0. The topological polar surface area (TPSA) is 72.8 Å². The van der Waals surface area contributed by atoms with Crippen molar-refractivity contribution in [3.05, 3.63) is 134 Å². The molecule has 1 unspecified atom stereocenters. The first kappa shape index (κ1) is 74.0. The molecule has 444 valence electrons. The summed E-state index contributed by atoms with van der Waals surface area (Å²) < 4.78 is 10.7. The normalized spacial score (nSPS) is 13.1. The van der Waals surface area contributed by atoms with Crippen LogP contribution in [-0.2, 0) is 19.1 Å². The maximum Gasteiger partial charge on any atom is 0.306 e. The van der Waals surface area contributed by atoms with E-state index in [9.17, 15) is 14.7 Å². The zero-order valence-corrected chi connectivity index (χ0v) is 50.9. The Balaban J connectivity index is 3.55. The lowest BCUT2D eigenvalue weighted by atomic mass is 10.0. The molecule has 0 rings (SSSR count). The van der Waals surface area contributed by atoms with Crippen LogP contribution in [0, 0.1) is 0 Å². The zero-order valence-electron chi connectivity index (χ0n) is 50.9. The van der Waals surface area contributed by atoms with Crippen LogP contribution in [0.3, 0.4) is 0 Å². The van der Waals surface area contributed by atoms with Crippen LogP contribution in [0.15, 0.2) is 134 Å². The minimum Gasteiger partial charge on any atom is -0.462 e. The average molecular weight is 1080 g/mol. The third-order valence-corrected chi connectivity index (χ3v) is 13.9. The van der Waals surface area contributed by atoms with Gasteiger partial charge in [-0.2, -0.15) is 0 Å². The van der Waals surface area contributed by atoms with Gasteiger partial charge in [-0.15, -0.1) is 0 Å². The van der Waals surface area contributed by atoms with E-state index in [-0.39, 0.29) is 31.6 Å². The van der Waals surface area contributed by atoms with E-state index in [1.807, 2.05) is 0 Å². The van der Waals surface area contributed by atoms with Gasteiger partial charge in [0.15, 0.2) is 6.10 Å². The molecule has 0 saturated heterocycles. The summed E-state index contributed by atoms with van der Waals surface area (Å²) in [5, 5.41) is 9.67. The van der Waals surface area contributed by atoms with Gasteiger partial charge in [0.25, 0.3) is 0 Å². The molecule has 1 atom stereocenters. The third-order valence-electron chi connectivity index (χ3n) is 13.9. The first-order valence-corrected chi connectivity index (χ1v) is 32.7. The molecule has 0 aromatic rings. The molecule has 0 aromatic carbocycles. The molecule has 1 N–H and O–H groups in total. The highest BCUT2D eigenvalue weighted by Crippen LogP contribution is 2.17. The summed E-state index contributed by atoms with van der Waals surface area (Å²) >= 11 is 0. The van der Waals surface area contributed by atoms with E-state index in [1.54, 1.807) is 0 Å². The Kier molecular flexibility index (Phi) is 63.9. The summed E-state index contributed by atoms with van der Waals surface area (Å²) in [6, 6.07) is 0. The van der Waals surface area contributed by atoms with Gasteiger partial charge in [0.05, 0.1) is 6.61 Å². The van der Waals surface area contributed by atoms with E-state index in [0.717, 1.165) is 89.9 Å². The molecule has 0 aliphatic heterocycles. The number of aliphatic hydroxyl groups is 1. The van der Waals surface area contributed by atoms with Gasteiger partial charge in [0.2, 0.25) is 0 Å². The molecular weight excluding hydrogens is 957 g/mol. The van der Waals surface area contributed by atoms with Crippen molar-refractivity contribution in [3.63, 3.8) is 0 Å². The van der Waals surface area contributed by atoms with Crippen molar-refractivity contribution >= 4 is 11.9 Å². The molecule has 0 aromatic heterocycles. The third kappa shape index (κ3) is 64.6. The van der Waals surface area contributed by atoms with Crippen LogP contribution in [0.4, 0.5) is 0 Å². The number of hydrogen-bond donors (Lipinski definition) is 1. The van der Waals surface area contributed by atoms with Gasteiger partial charge in [0.1, 0.15) is 6.61 Å². The molecule has 0 bridgehead atoms. The molecule has 0 saturated carbocycles. The number of aliphatic hydroxyl groups excluding tert-OH is 1. The van der Waals surface area contributed by atoms with E-state index in [1.165, 1.54) is 173 Å². The van der Waals surface area contributed by atoms with Gasteiger partial charge >= 0.3 is 11.9 Å². The molecule has 0 spiro atoms. The second-order valence-corrected chi connectivity index (χ2v) is 21.5. The zero-order chi connectivity index (χ0) is 56.2. The molecule has 0 amide bonds. The molecule has 0 fully saturated rings. The number of hydrogen-bond acceptors (Lipinski definition) is 5. The van der Waals surface area contributed by atoms with E-state index >= 15 is 0 Å². The number of carbonyl (C=O) groups excluding carboxylic acids is 2. The van der Waals surface area contributed by atoms with Crippen LogP contribution in [0.5, 0.6) is 0 Å². The highest BCUT2D eigenvalue weighted by molar-refractivity contribution is 5.70. The van der Waals surface area contributed by atoms with E-state index in [4.69, 9.17) is 9.47 Å². The van der Waals surface area contributed by atoms with Crippen LogP contribution in [0.2, 0.25) is 0 Å². The van der Waals surface area contributed by atoms with Gasteiger partial charge in [-0.25, -0.2) is 0 Å². The van der Waals surface area contributed by atoms with Crippen molar-refractivity contribution in [2.45, 2.75) is 302 Å². The fourth-order valence-corrected chi connectivity index (χ4v) is 9.06. The maximum absolute atomic E-state index is 12.3. The van der Waals surface area contributed by atoms with Gasteiger partial charge in [-0.3, -0.25) is 9.59 Å². The summed E-state index contributed by atoms with van der Waals surface area (Å²) in [4.78, 5) is 24.6. The number of esters is 2. The Hall–Kier alpha value is -3.96. The number of ether oxygens (including phenoxy) is 2. The fraction of sp³-hybridized carbons (Fsp3) is 0.671. The van der Waals surface area contributed by atoms with Crippen molar-refractivity contribution in [3.8, 4) is 0 Å². The molecule has 0 aliphatic carbocycles. The highest BCUT2D eigenvalue weighted by atomic mass is 16.6. The van der Waals surface area contributed by atoms with Crippen molar-refractivity contribution in [1.82, 2.24) is 0 Å². The van der Waals surface area contributed by atoms with Crippen LogP contribution < -0.4 is 0 Å². The maximum atomic E-state index is 12.3. The fourth-order valence-electron chi connectivity index (χ4n) is 9.06. The molecular formula is C73H122O5. The van der Waals surface area contributed by atoms with Gasteiger partial charge in [-0.1, -0.05) is 308 Å². The first-order valence-electron chi connectivity index (χ1n) is 32.7. The molecule has 78 heavy (non-hydrogen) atoms. The molecule has 0 aliphatic rings. The lowest BCUT2D eigenvalue weighted by Crippen LogP contribution is -2.28. The Morgan fingerprint density at radius 1 is 0.308 bits per heavy atom. The number of rotatable bonds is 59. The molecule has 5 nitrogen and oxygen atoms in total. The van der Waals surface area contributed by atoms with E-state index < -0.39 is 6.10 Å². The summed E-state index contributed by atoms with van der Waals surface area (Å²) in [7, 11) is 0. The van der Waals surface area contributed by atoms with E-state index in [2.05, 4.69) is 148 Å². The van der Waals surface area contributed by atoms with Gasteiger partial charge in [0, 0.05) is 12.8 Å². The molecule has 0 radical (unpaired) electrons. The Morgan fingerprint density at radius 3 is 0.872 bits per heavy atom. The average Bonchev–Trinajstić information content (AvgIpc) is 3.44. The van der Waals surface area contributed by atoms with Crippen molar-refractivity contribution < 1.29 is 24.2 Å². The van der Waals surface area contributed by atoms with Crippen molar-refractivity contribution in [1.29, 1.82) is 0 Å². The minimum absolute atomic E-state index is 0.0947. The van der Waals surface area contributed by atoms with Crippen LogP contribution >= 0.6 is 0 Å². The molecule has 5 heteroatoms. The van der Waals surface area contributed by atoms with Crippen LogP contribution in [0.1, 0.15) is 296 Å². The largest absolute Gasteiger partial charge is 0.462 e. The quantitative estimate of drug-likeness (QED) is 0.0373. The highest BCUT2D eigenvalue weighted by Gasteiger charge is 2.16. The van der Waals surface area contributed by atoms with Crippen LogP contribution in [0.25, 0.3) is 0 Å². The lowest BCUT2D eigenvalue weighted by molar-refractivity contribution is -0.161. The van der Waals surface area contributed by atoms with Crippen molar-refractivity contribution in [2.24, 2.45) is 0 Å². The second-order valence-electron chi connectivity index (χ2n) is 21.5. The first-order chi connectivity index (χ1) is 38.6. The van der Waals surface area contributed by atoms with E-state index in [0.29, 0.717) is 12.8 Å². The second kappa shape index (κ2) is 67.3. The number of carbonyl (C=O) groups is 2. The standard InChI is InChI=1S/C73H122O5/c1-3-5-7-9-11-13-15-17-19-21-23-25-27-29-31-33-34-35-36-37-38-40-41-43-45-47-49-51-53-55-57-59-61-63-65-67-72(75)77-70-71(69-74)78-73(76)68-66-64-62-60-58-56-54-52-50-48-46-44-42-39-32-30-28-26-24-22-20-18-16-14-12-10-8-6-4-2/h6,8,12,14-15,17-18,20-21,23-24,26,30,32,42,44,48,50,54,56,60,62,71,74H,3-5,7,9-11,13,16,19,22,25,27-29,31,33-41,43,45-47,49,51-53,55,57-59,61,63-70H2,1-2H3/b8-6-,14-12-,17-15-,20-18-,23-21-,26-24-,32-30-,44-42-,50-48-,56-54-,62-60-. The monoisotopic (exact) mass is 1080 g/mol.